The van der Waals surface area contributed by atoms with Crippen molar-refractivity contribution >= 4 is 5.82 Å². The molecule has 0 spiro atoms. The number of fused-ring (bicyclic) bond motifs is 3. The lowest BCUT2D eigenvalue weighted by Gasteiger charge is -2.50. The first-order chi connectivity index (χ1) is 11.2. The minimum Gasteiger partial charge on any atom is -0.364 e. The van der Waals surface area contributed by atoms with Gasteiger partial charge in [0.15, 0.2) is 0 Å². The molecule has 3 fully saturated rings. The highest BCUT2D eigenvalue weighted by molar-refractivity contribution is 5.60. The number of hydrogen-bond acceptors (Lipinski definition) is 4. The predicted molar refractivity (Wildman–Crippen MR) is 88.6 cm³/mol. The van der Waals surface area contributed by atoms with E-state index in [1.165, 1.54) is 32.0 Å². The standard InChI is InChI=1S/C18H21FN4/c1-12-18(13-8-10-23(12)11-9-13)20-17-7-6-16(21-22-17)14-4-2-3-5-15(14)19/h2-7,12-13,18H,8-11H2,1H3,(H,20,22). The Labute approximate surface area is 135 Å². The van der Waals surface area contributed by atoms with Gasteiger partial charge in [0.05, 0.1) is 5.69 Å². The molecule has 2 aromatic rings. The third kappa shape index (κ3) is 2.70. The Morgan fingerprint density at radius 2 is 1.87 bits per heavy atom. The molecule has 1 aromatic carbocycles. The van der Waals surface area contributed by atoms with Crippen molar-refractivity contribution in [3.05, 3.63) is 42.2 Å². The van der Waals surface area contributed by atoms with Crippen LogP contribution in [-0.2, 0) is 0 Å². The van der Waals surface area contributed by atoms with Crippen molar-refractivity contribution in [3.63, 3.8) is 0 Å². The summed E-state index contributed by atoms with van der Waals surface area (Å²) in [5.41, 5.74) is 1.05. The minimum atomic E-state index is -0.270. The molecule has 23 heavy (non-hydrogen) atoms. The maximum atomic E-state index is 13.8. The number of benzene rings is 1. The van der Waals surface area contributed by atoms with E-state index in [0.29, 0.717) is 29.3 Å². The highest BCUT2D eigenvalue weighted by Crippen LogP contribution is 2.33. The van der Waals surface area contributed by atoms with Crippen LogP contribution in [-0.4, -0.2) is 40.3 Å². The predicted octanol–water partition coefficient (Wildman–Crippen LogP) is 3.18. The highest BCUT2D eigenvalue weighted by atomic mass is 19.1. The van der Waals surface area contributed by atoms with E-state index in [-0.39, 0.29) is 5.82 Å². The third-order valence-electron chi connectivity index (χ3n) is 5.31. The number of rotatable bonds is 3. The van der Waals surface area contributed by atoms with E-state index in [1.807, 2.05) is 12.1 Å². The first-order valence-electron chi connectivity index (χ1n) is 8.31. The molecule has 120 valence electrons. The van der Waals surface area contributed by atoms with Crippen molar-refractivity contribution in [1.82, 2.24) is 15.1 Å². The molecule has 4 nitrogen and oxygen atoms in total. The SMILES string of the molecule is CC1C(Nc2ccc(-c3ccccc3F)nn2)C2CCN1CC2. The number of nitrogens with one attached hydrogen (secondary N) is 1. The molecule has 0 radical (unpaired) electrons. The van der Waals surface area contributed by atoms with E-state index < -0.39 is 0 Å². The minimum absolute atomic E-state index is 0.270. The van der Waals surface area contributed by atoms with Gasteiger partial charge in [0.1, 0.15) is 11.6 Å². The second-order valence-electron chi connectivity index (χ2n) is 6.57. The Kier molecular flexibility index (Phi) is 3.73. The van der Waals surface area contributed by atoms with Gasteiger partial charge in [0.2, 0.25) is 0 Å². The topological polar surface area (TPSA) is 41.1 Å². The van der Waals surface area contributed by atoms with E-state index in [2.05, 4.69) is 27.3 Å². The first kappa shape index (κ1) is 14.6. The molecule has 4 heterocycles. The zero-order valence-corrected chi connectivity index (χ0v) is 13.2. The molecule has 3 aliphatic heterocycles. The van der Waals surface area contributed by atoms with Crippen LogP contribution in [0, 0.1) is 11.7 Å². The van der Waals surface area contributed by atoms with Crippen LogP contribution in [0.1, 0.15) is 19.8 Å². The van der Waals surface area contributed by atoms with Crippen LogP contribution in [0.15, 0.2) is 36.4 Å². The van der Waals surface area contributed by atoms with Crippen molar-refractivity contribution in [2.75, 3.05) is 18.4 Å². The number of piperidine rings is 3. The molecule has 2 atom stereocenters. The van der Waals surface area contributed by atoms with Crippen molar-refractivity contribution in [2.45, 2.75) is 31.8 Å². The van der Waals surface area contributed by atoms with Gasteiger partial charge in [0.25, 0.3) is 0 Å². The lowest BCUT2D eigenvalue weighted by atomic mass is 9.79. The van der Waals surface area contributed by atoms with Gasteiger partial charge in [-0.1, -0.05) is 12.1 Å². The number of aromatic nitrogens is 2. The highest BCUT2D eigenvalue weighted by Gasteiger charge is 2.39. The third-order valence-corrected chi connectivity index (χ3v) is 5.31. The molecular formula is C18H21FN4. The van der Waals surface area contributed by atoms with Gasteiger partial charge in [-0.2, -0.15) is 0 Å². The molecule has 0 saturated carbocycles. The fraction of sp³-hybridized carbons (Fsp3) is 0.444. The molecular weight excluding hydrogens is 291 g/mol. The Bertz CT molecular complexity index is 678. The van der Waals surface area contributed by atoms with Crippen LogP contribution < -0.4 is 5.32 Å². The van der Waals surface area contributed by atoms with Crippen molar-refractivity contribution in [2.24, 2.45) is 5.92 Å². The van der Waals surface area contributed by atoms with E-state index in [4.69, 9.17) is 0 Å². The molecule has 2 bridgehead atoms. The lowest BCUT2D eigenvalue weighted by molar-refractivity contribution is 0.0457. The molecule has 1 N–H and O–H groups in total. The van der Waals surface area contributed by atoms with Crippen molar-refractivity contribution in [3.8, 4) is 11.3 Å². The molecule has 0 amide bonds. The monoisotopic (exact) mass is 312 g/mol. The van der Waals surface area contributed by atoms with Gasteiger partial charge in [0, 0.05) is 17.6 Å². The average molecular weight is 312 g/mol. The fourth-order valence-corrected chi connectivity index (χ4v) is 3.94. The molecule has 2 unspecified atom stereocenters. The summed E-state index contributed by atoms with van der Waals surface area (Å²) in [5.74, 6) is 1.22. The Morgan fingerprint density at radius 1 is 1.09 bits per heavy atom. The summed E-state index contributed by atoms with van der Waals surface area (Å²) in [5, 5.41) is 12.0. The van der Waals surface area contributed by atoms with Crippen molar-refractivity contribution in [1.29, 1.82) is 0 Å². The summed E-state index contributed by atoms with van der Waals surface area (Å²) in [6.07, 6.45) is 2.51. The van der Waals surface area contributed by atoms with Crippen LogP contribution in [0.25, 0.3) is 11.3 Å². The Balaban J connectivity index is 1.52. The molecule has 5 rings (SSSR count). The van der Waals surface area contributed by atoms with Crippen molar-refractivity contribution < 1.29 is 4.39 Å². The van der Waals surface area contributed by atoms with E-state index in [9.17, 15) is 4.39 Å². The summed E-state index contributed by atoms with van der Waals surface area (Å²) in [6, 6.07) is 11.3. The molecule has 5 heteroatoms. The lowest BCUT2D eigenvalue weighted by Crippen LogP contribution is -2.59. The normalized spacial score (nSPS) is 29.5. The molecule has 1 aromatic heterocycles. The number of halogens is 1. The van der Waals surface area contributed by atoms with Gasteiger partial charge >= 0.3 is 0 Å². The summed E-state index contributed by atoms with van der Waals surface area (Å²) < 4.78 is 13.8. The summed E-state index contributed by atoms with van der Waals surface area (Å²) in [6.45, 7) is 4.70. The van der Waals surface area contributed by atoms with Crippen LogP contribution in [0.4, 0.5) is 10.2 Å². The van der Waals surface area contributed by atoms with Crippen LogP contribution in [0.5, 0.6) is 0 Å². The first-order valence-corrected chi connectivity index (χ1v) is 8.31. The Morgan fingerprint density at radius 3 is 2.52 bits per heavy atom. The molecule has 3 aliphatic rings. The average Bonchev–Trinajstić information content (AvgIpc) is 2.60. The van der Waals surface area contributed by atoms with E-state index >= 15 is 0 Å². The zero-order valence-electron chi connectivity index (χ0n) is 13.2. The van der Waals surface area contributed by atoms with Gasteiger partial charge in [-0.25, -0.2) is 4.39 Å². The maximum absolute atomic E-state index is 13.8. The number of nitrogens with zero attached hydrogens (tertiary/aromatic N) is 3. The van der Waals surface area contributed by atoms with Gasteiger partial charge < -0.3 is 5.32 Å². The van der Waals surface area contributed by atoms with Gasteiger partial charge in [-0.05, 0) is 63.0 Å². The summed E-state index contributed by atoms with van der Waals surface area (Å²) in [4.78, 5) is 2.54. The van der Waals surface area contributed by atoms with Crippen LogP contribution in [0.2, 0.25) is 0 Å². The smallest absolute Gasteiger partial charge is 0.148 e. The quantitative estimate of drug-likeness (QED) is 0.945. The fourth-order valence-electron chi connectivity index (χ4n) is 3.94. The van der Waals surface area contributed by atoms with E-state index in [0.717, 1.165) is 5.82 Å². The second-order valence-corrected chi connectivity index (χ2v) is 6.57. The maximum Gasteiger partial charge on any atom is 0.148 e. The van der Waals surface area contributed by atoms with Gasteiger partial charge in [-0.3, -0.25) is 4.90 Å². The summed E-state index contributed by atoms with van der Waals surface area (Å²) in [7, 11) is 0. The number of anilines is 1. The zero-order chi connectivity index (χ0) is 15.8. The number of hydrogen-bond donors (Lipinski definition) is 1. The van der Waals surface area contributed by atoms with Crippen LogP contribution >= 0.6 is 0 Å². The molecule has 0 aliphatic carbocycles. The molecule has 3 saturated heterocycles. The second kappa shape index (κ2) is 5.89. The van der Waals surface area contributed by atoms with Gasteiger partial charge in [-0.15, -0.1) is 10.2 Å². The Hall–Kier alpha value is -2.01. The van der Waals surface area contributed by atoms with Crippen LogP contribution in [0.3, 0.4) is 0 Å². The largest absolute Gasteiger partial charge is 0.364 e. The van der Waals surface area contributed by atoms with E-state index in [1.54, 1.807) is 18.2 Å². The summed E-state index contributed by atoms with van der Waals surface area (Å²) >= 11 is 0.